The maximum Gasteiger partial charge on any atom is 4.00 e. The van der Waals surface area contributed by atoms with Gasteiger partial charge in [-0.05, 0) is 46.4 Å². The van der Waals surface area contributed by atoms with Crippen molar-refractivity contribution in [1.82, 2.24) is 0 Å². The molecule has 37 heavy (non-hydrogen) atoms. The number of benzene rings is 3. The molecule has 2 saturated carbocycles. The van der Waals surface area contributed by atoms with Crippen LogP contribution in [0.2, 0.25) is 24.2 Å². The normalized spacial score (nSPS) is 23.9. The second kappa shape index (κ2) is 13.9. The van der Waals surface area contributed by atoms with E-state index in [0.29, 0.717) is 0 Å². The first-order valence-corrected chi connectivity index (χ1v) is 17.0. The molecule has 2 fully saturated rings. The van der Waals surface area contributed by atoms with Crippen molar-refractivity contribution in [3.05, 3.63) is 127 Å². The van der Waals surface area contributed by atoms with Gasteiger partial charge in [-0.25, -0.2) is 0 Å². The average molecular weight is 584 g/mol. The molecule has 0 N–H and O–H groups in total. The van der Waals surface area contributed by atoms with Gasteiger partial charge in [0.1, 0.15) is 0 Å². The third-order valence-electron chi connectivity index (χ3n) is 8.96. The van der Waals surface area contributed by atoms with Gasteiger partial charge in [-0.15, -0.1) is 24.3 Å². The first-order chi connectivity index (χ1) is 17.4. The van der Waals surface area contributed by atoms with Crippen LogP contribution in [0.3, 0.4) is 0 Å². The first kappa shape index (κ1) is 29.8. The van der Waals surface area contributed by atoms with Gasteiger partial charge < -0.3 is 0 Å². The monoisotopic (exact) mass is 582 g/mol. The Balaban J connectivity index is 0.000000208. The number of allylic oxidation sites excluding steroid dienone is 1. The summed E-state index contributed by atoms with van der Waals surface area (Å²) in [6, 6.07) is 28.9. The molecule has 3 aliphatic rings. The number of hydrogen-bond acceptors (Lipinski definition) is 0. The Labute approximate surface area is 247 Å². The minimum Gasteiger partial charge on any atom is -0.199 e. The predicted molar refractivity (Wildman–Crippen MR) is 161 cm³/mol. The zero-order valence-electron chi connectivity index (χ0n) is 23.1. The molecular weight excluding hydrogens is 540 g/mol. The summed E-state index contributed by atoms with van der Waals surface area (Å²) in [4.78, 5) is 0. The topological polar surface area (TPSA) is 0 Å². The molecule has 0 saturated heterocycles. The molecule has 4 atom stereocenters. The van der Waals surface area contributed by atoms with Gasteiger partial charge in [0.05, 0.1) is 8.07 Å². The van der Waals surface area contributed by atoms with Crippen molar-refractivity contribution in [2.75, 3.05) is 0 Å². The second-order valence-electron chi connectivity index (χ2n) is 11.7. The van der Waals surface area contributed by atoms with Crippen molar-refractivity contribution in [2.24, 2.45) is 11.8 Å². The van der Waals surface area contributed by atoms with Gasteiger partial charge in [-0.2, -0.15) is 49.2 Å². The molecule has 2 heteroatoms. The Hall–Kier alpha value is -1.76. The average Bonchev–Trinajstić information content (AvgIpc) is 3.54. The fourth-order valence-electron chi connectivity index (χ4n) is 7.26. The largest absolute Gasteiger partial charge is 4.00 e. The minimum atomic E-state index is -1.18. The van der Waals surface area contributed by atoms with Crippen molar-refractivity contribution >= 4 is 14.1 Å². The maximum absolute atomic E-state index is 3.72. The van der Waals surface area contributed by atoms with Crippen LogP contribution in [0.5, 0.6) is 0 Å². The van der Waals surface area contributed by atoms with Crippen molar-refractivity contribution in [3.8, 4) is 0 Å². The second-order valence-corrected chi connectivity index (χ2v) is 16.8. The zero-order chi connectivity index (χ0) is 25.5. The standard InChI is InChI=1S/C21H30Si.2C7H7.Zr/c1-15-14-20-18-11-7-4-8-16(18)12-13-19(20)21(15)22(2,3)17-9-5-6-10-17;2*1-7-5-3-2-4-6-7;/h4,7-8,11-13,15,17,19-21H,5-6,9-10,14H2,1-3H3;2*2-6H,1H2;/q;2*-1;+4. The van der Waals surface area contributed by atoms with Gasteiger partial charge in [-0.1, -0.05) is 94.3 Å². The molecule has 0 spiro atoms. The van der Waals surface area contributed by atoms with E-state index in [1.54, 1.807) is 5.56 Å². The summed E-state index contributed by atoms with van der Waals surface area (Å²) in [5.41, 5.74) is 7.34. The zero-order valence-corrected chi connectivity index (χ0v) is 26.5. The molecule has 0 radical (unpaired) electrons. The van der Waals surface area contributed by atoms with Crippen LogP contribution in [0.1, 0.15) is 67.2 Å². The summed E-state index contributed by atoms with van der Waals surface area (Å²) in [5.74, 6) is 2.54. The molecule has 0 bridgehead atoms. The molecule has 0 heterocycles. The summed E-state index contributed by atoms with van der Waals surface area (Å²) in [5, 5.41) is 0. The quantitative estimate of drug-likeness (QED) is 0.208. The van der Waals surface area contributed by atoms with Gasteiger partial charge in [-0.3, -0.25) is 0 Å². The van der Waals surface area contributed by atoms with Gasteiger partial charge in [0.15, 0.2) is 0 Å². The molecular formula is C35H44SiZr+2. The van der Waals surface area contributed by atoms with Gasteiger partial charge >= 0.3 is 26.2 Å². The maximum atomic E-state index is 3.72. The predicted octanol–water partition coefficient (Wildman–Crippen LogP) is 10.2. The van der Waals surface area contributed by atoms with Crippen LogP contribution in [0.25, 0.3) is 6.08 Å². The van der Waals surface area contributed by atoms with E-state index in [9.17, 15) is 0 Å². The molecule has 4 unspecified atom stereocenters. The van der Waals surface area contributed by atoms with E-state index in [1.165, 1.54) is 37.7 Å². The van der Waals surface area contributed by atoms with Crippen molar-refractivity contribution in [2.45, 2.75) is 69.1 Å². The number of hydrogen-bond donors (Lipinski definition) is 0. The summed E-state index contributed by atoms with van der Waals surface area (Å²) in [6.07, 6.45) is 12.5. The van der Waals surface area contributed by atoms with Gasteiger partial charge in [0.2, 0.25) is 0 Å². The Morgan fingerprint density at radius 1 is 0.730 bits per heavy atom. The summed E-state index contributed by atoms with van der Waals surface area (Å²) in [6.45, 7) is 15.4. The Bertz CT molecular complexity index is 1060. The van der Waals surface area contributed by atoms with E-state index in [4.69, 9.17) is 0 Å². The van der Waals surface area contributed by atoms with E-state index < -0.39 is 8.07 Å². The molecule has 3 aromatic carbocycles. The van der Waals surface area contributed by atoms with E-state index in [2.05, 4.69) is 70.3 Å². The van der Waals surface area contributed by atoms with E-state index in [0.717, 1.165) is 40.0 Å². The molecule has 0 amide bonds. The fourth-order valence-corrected chi connectivity index (χ4v) is 12.6. The summed E-state index contributed by atoms with van der Waals surface area (Å²) >= 11 is 0. The van der Waals surface area contributed by atoms with Crippen LogP contribution in [-0.4, -0.2) is 8.07 Å². The van der Waals surface area contributed by atoms with Crippen molar-refractivity contribution in [1.29, 1.82) is 0 Å². The Morgan fingerprint density at radius 2 is 1.24 bits per heavy atom. The summed E-state index contributed by atoms with van der Waals surface area (Å²) < 4.78 is 0. The third-order valence-corrected chi connectivity index (χ3v) is 14.3. The van der Waals surface area contributed by atoms with Crippen molar-refractivity contribution < 1.29 is 26.2 Å². The van der Waals surface area contributed by atoms with Crippen LogP contribution in [-0.2, 0) is 26.2 Å². The molecule has 0 aliphatic heterocycles. The van der Waals surface area contributed by atoms with Crippen LogP contribution in [0.15, 0.2) is 91.0 Å². The first-order valence-electron chi connectivity index (χ1n) is 13.9. The van der Waals surface area contributed by atoms with Crippen LogP contribution in [0, 0.1) is 25.7 Å². The SMILES string of the molecule is CC1CC2c3ccccc3C=CC2C1[Si](C)(C)C1CCCC1.[CH2-]c1ccccc1.[CH2-]c1ccccc1.[Zr+4]. The fraction of sp³-hybridized carbons (Fsp3) is 0.371. The van der Waals surface area contributed by atoms with Crippen LogP contribution in [0.4, 0.5) is 0 Å². The smallest absolute Gasteiger partial charge is 0.199 e. The van der Waals surface area contributed by atoms with Crippen LogP contribution < -0.4 is 0 Å². The van der Waals surface area contributed by atoms with E-state index in [1.807, 2.05) is 60.7 Å². The van der Waals surface area contributed by atoms with Crippen LogP contribution >= 0.6 is 0 Å². The van der Waals surface area contributed by atoms with Gasteiger partial charge in [0.25, 0.3) is 0 Å². The summed E-state index contributed by atoms with van der Waals surface area (Å²) in [7, 11) is -1.18. The molecule has 0 aromatic heterocycles. The Kier molecular flexibility index (Phi) is 11.2. The number of fused-ring (bicyclic) bond motifs is 3. The molecule has 6 rings (SSSR count). The molecule has 3 aromatic rings. The molecule has 3 aliphatic carbocycles. The molecule has 190 valence electrons. The molecule has 0 nitrogen and oxygen atoms in total. The minimum absolute atomic E-state index is 0. The Morgan fingerprint density at radius 3 is 1.76 bits per heavy atom. The number of rotatable bonds is 2. The van der Waals surface area contributed by atoms with Crippen molar-refractivity contribution in [3.63, 3.8) is 0 Å². The van der Waals surface area contributed by atoms with E-state index in [-0.39, 0.29) is 26.2 Å². The van der Waals surface area contributed by atoms with E-state index >= 15 is 0 Å². The third kappa shape index (κ3) is 7.42. The van der Waals surface area contributed by atoms with Gasteiger partial charge in [0, 0.05) is 0 Å².